The van der Waals surface area contributed by atoms with Gasteiger partial charge in [0.05, 0.1) is 19.4 Å². The molecule has 1 heterocycles. The highest BCUT2D eigenvalue weighted by molar-refractivity contribution is 6.00. The van der Waals surface area contributed by atoms with E-state index >= 15 is 0 Å². The van der Waals surface area contributed by atoms with E-state index in [0.717, 1.165) is 0 Å². The molecule has 2 amide bonds. The summed E-state index contributed by atoms with van der Waals surface area (Å²) in [5.41, 5.74) is 0.498. The zero-order valence-corrected chi connectivity index (χ0v) is 14.2. The molecular weight excluding hydrogens is 350 g/mol. The van der Waals surface area contributed by atoms with Crippen LogP contribution in [0.25, 0.3) is 0 Å². The number of alkyl halides is 2. The number of urea groups is 1. The minimum Gasteiger partial charge on any atom is -0.476 e. The molecule has 2 rings (SSSR count). The third kappa shape index (κ3) is 5.72. The second-order valence-electron chi connectivity index (χ2n) is 4.72. The fourth-order valence-corrected chi connectivity index (χ4v) is 1.92. The van der Waals surface area contributed by atoms with Crippen molar-refractivity contribution in [2.45, 2.75) is 20.5 Å². The molecular formula is C16H18F2N4O4. The van der Waals surface area contributed by atoms with Crippen molar-refractivity contribution in [1.82, 2.24) is 9.97 Å². The van der Waals surface area contributed by atoms with Crippen LogP contribution in [-0.2, 0) is 0 Å². The Balaban J connectivity index is 2.07. The maximum Gasteiger partial charge on any atom is 0.387 e. The van der Waals surface area contributed by atoms with Gasteiger partial charge in [0.15, 0.2) is 0 Å². The number of carbonyl (C=O) groups excluding carboxylic acids is 1. The Morgan fingerprint density at radius 3 is 2.65 bits per heavy atom. The zero-order chi connectivity index (χ0) is 18.9. The van der Waals surface area contributed by atoms with E-state index in [4.69, 9.17) is 9.47 Å². The van der Waals surface area contributed by atoms with Crippen LogP contribution in [-0.4, -0.2) is 35.8 Å². The summed E-state index contributed by atoms with van der Waals surface area (Å²) in [6.45, 7) is 1.31. The van der Waals surface area contributed by atoms with Gasteiger partial charge < -0.3 is 24.8 Å². The first-order valence-electron chi connectivity index (χ1n) is 7.77. The number of amides is 2. The van der Waals surface area contributed by atoms with Gasteiger partial charge in [0.2, 0.25) is 5.88 Å². The monoisotopic (exact) mass is 368 g/mol. The van der Waals surface area contributed by atoms with Gasteiger partial charge in [0.25, 0.3) is 0 Å². The van der Waals surface area contributed by atoms with Crippen molar-refractivity contribution in [3.8, 4) is 17.6 Å². The number of ether oxygens (including phenoxy) is 3. The van der Waals surface area contributed by atoms with Gasteiger partial charge in [-0.15, -0.1) is 0 Å². The average Bonchev–Trinajstić information content (AvgIpc) is 2.57. The molecule has 26 heavy (non-hydrogen) atoms. The highest BCUT2D eigenvalue weighted by Crippen LogP contribution is 2.24. The topological polar surface area (TPSA) is 94.6 Å². The number of carbonyl (C=O) groups is 1. The van der Waals surface area contributed by atoms with Crippen molar-refractivity contribution >= 4 is 17.4 Å². The van der Waals surface area contributed by atoms with Crippen molar-refractivity contribution in [1.29, 1.82) is 0 Å². The molecule has 0 fully saturated rings. The second kappa shape index (κ2) is 9.35. The fraction of sp³-hybridized carbons (Fsp3) is 0.312. The molecule has 1 aromatic heterocycles. The lowest BCUT2D eigenvalue weighted by atomic mass is 10.3. The van der Waals surface area contributed by atoms with Crippen LogP contribution in [0.15, 0.2) is 30.5 Å². The number of halogens is 2. The highest BCUT2D eigenvalue weighted by atomic mass is 19.3. The lowest BCUT2D eigenvalue weighted by Gasteiger charge is -2.12. The molecule has 0 aliphatic carbocycles. The molecule has 2 aromatic rings. The van der Waals surface area contributed by atoms with Crippen molar-refractivity contribution in [3.05, 3.63) is 30.5 Å². The molecule has 140 valence electrons. The van der Waals surface area contributed by atoms with Gasteiger partial charge in [-0.3, -0.25) is 0 Å². The number of hydrogen-bond acceptors (Lipinski definition) is 6. The van der Waals surface area contributed by atoms with Crippen LogP contribution in [0.2, 0.25) is 0 Å². The second-order valence-corrected chi connectivity index (χ2v) is 4.72. The summed E-state index contributed by atoms with van der Waals surface area (Å²) in [4.78, 5) is 20.1. The maximum absolute atomic E-state index is 12.2. The number of benzene rings is 1. The molecule has 0 spiro atoms. The summed E-state index contributed by atoms with van der Waals surface area (Å²) >= 11 is 0. The van der Waals surface area contributed by atoms with Gasteiger partial charge in [0.1, 0.15) is 11.4 Å². The number of rotatable bonds is 8. The number of nitrogens with one attached hydrogen (secondary N) is 2. The van der Waals surface area contributed by atoms with E-state index in [2.05, 4.69) is 25.3 Å². The molecule has 0 aliphatic heterocycles. The molecule has 0 aliphatic rings. The molecule has 0 bridgehead atoms. The predicted octanol–water partition coefficient (Wildman–Crippen LogP) is 3.52. The van der Waals surface area contributed by atoms with E-state index in [-0.39, 0.29) is 29.0 Å². The SMILES string of the molecule is CCOc1ncc(NC(=O)Nc2cccc(OC(F)F)c2)c(OCC)n1. The van der Waals surface area contributed by atoms with E-state index < -0.39 is 12.6 Å². The van der Waals surface area contributed by atoms with Crippen LogP contribution in [0.3, 0.4) is 0 Å². The Morgan fingerprint density at radius 1 is 1.19 bits per heavy atom. The Kier molecular flexibility index (Phi) is 6.89. The Hall–Kier alpha value is -3.17. The number of nitrogens with zero attached hydrogens (tertiary/aromatic N) is 2. The molecule has 0 saturated heterocycles. The van der Waals surface area contributed by atoms with E-state index in [9.17, 15) is 13.6 Å². The van der Waals surface area contributed by atoms with Crippen LogP contribution in [0.1, 0.15) is 13.8 Å². The van der Waals surface area contributed by atoms with Crippen molar-refractivity contribution < 1.29 is 27.8 Å². The first-order valence-corrected chi connectivity index (χ1v) is 7.77. The molecule has 0 unspecified atom stereocenters. The summed E-state index contributed by atoms with van der Waals surface area (Å²) in [6, 6.07) is 5.10. The summed E-state index contributed by atoms with van der Waals surface area (Å²) in [6.07, 6.45) is 1.35. The molecule has 8 nitrogen and oxygen atoms in total. The minimum atomic E-state index is -2.95. The lowest BCUT2D eigenvalue weighted by molar-refractivity contribution is -0.0498. The third-order valence-corrected chi connectivity index (χ3v) is 2.85. The van der Waals surface area contributed by atoms with Crippen LogP contribution < -0.4 is 24.8 Å². The molecule has 10 heteroatoms. The largest absolute Gasteiger partial charge is 0.476 e. The molecule has 1 aromatic carbocycles. The predicted molar refractivity (Wildman–Crippen MR) is 90.1 cm³/mol. The van der Waals surface area contributed by atoms with Crippen molar-refractivity contribution in [2.24, 2.45) is 0 Å². The smallest absolute Gasteiger partial charge is 0.387 e. The maximum atomic E-state index is 12.2. The van der Waals surface area contributed by atoms with Gasteiger partial charge in [-0.2, -0.15) is 13.8 Å². The average molecular weight is 368 g/mol. The third-order valence-electron chi connectivity index (χ3n) is 2.85. The Labute approximate surface area is 148 Å². The van der Waals surface area contributed by atoms with Gasteiger partial charge in [-0.25, -0.2) is 9.78 Å². The molecule has 0 saturated carbocycles. The minimum absolute atomic E-state index is 0.0720. The van der Waals surface area contributed by atoms with Crippen LogP contribution in [0.4, 0.5) is 25.0 Å². The summed E-state index contributed by atoms with van der Waals surface area (Å²) < 4.78 is 39.3. The van der Waals surface area contributed by atoms with E-state index in [1.807, 2.05) is 0 Å². The Morgan fingerprint density at radius 2 is 1.96 bits per heavy atom. The van der Waals surface area contributed by atoms with E-state index in [1.165, 1.54) is 30.5 Å². The summed E-state index contributed by atoms with van der Waals surface area (Å²) in [5.74, 6) is 0.0769. The molecule has 0 atom stereocenters. The van der Waals surface area contributed by atoms with Crippen molar-refractivity contribution in [2.75, 3.05) is 23.8 Å². The number of hydrogen-bond donors (Lipinski definition) is 2. The zero-order valence-electron chi connectivity index (χ0n) is 14.2. The molecule has 0 radical (unpaired) electrons. The summed E-state index contributed by atoms with van der Waals surface area (Å²) in [7, 11) is 0. The van der Waals surface area contributed by atoms with Gasteiger partial charge >= 0.3 is 18.7 Å². The first-order chi connectivity index (χ1) is 12.5. The van der Waals surface area contributed by atoms with Crippen molar-refractivity contribution in [3.63, 3.8) is 0 Å². The molecule has 2 N–H and O–H groups in total. The highest BCUT2D eigenvalue weighted by Gasteiger charge is 2.13. The van der Waals surface area contributed by atoms with Crippen LogP contribution in [0.5, 0.6) is 17.6 Å². The Bertz CT molecular complexity index is 746. The first kappa shape index (κ1) is 19.2. The quantitative estimate of drug-likeness (QED) is 0.740. The lowest BCUT2D eigenvalue weighted by Crippen LogP contribution is -2.20. The normalized spacial score (nSPS) is 10.3. The van der Waals surface area contributed by atoms with Gasteiger partial charge in [-0.1, -0.05) is 6.07 Å². The van der Waals surface area contributed by atoms with E-state index in [0.29, 0.717) is 13.2 Å². The fourth-order valence-electron chi connectivity index (χ4n) is 1.92. The van der Waals surface area contributed by atoms with Gasteiger partial charge in [-0.05, 0) is 26.0 Å². The van der Waals surface area contributed by atoms with Crippen LogP contribution in [0, 0.1) is 0 Å². The van der Waals surface area contributed by atoms with Gasteiger partial charge in [0, 0.05) is 11.8 Å². The summed E-state index contributed by atoms with van der Waals surface area (Å²) in [5, 5.41) is 5.02. The standard InChI is InChI=1S/C16H18F2N4O4/c1-3-24-13-12(9-19-16(22-13)25-4-2)21-15(23)20-10-6-5-7-11(8-10)26-14(17)18/h5-9,14H,3-4H2,1-2H3,(H2,20,21,23). The van der Waals surface area contributed by atoms with E-state index in [1.54, 1.807) is 13.8 Å². The number of aromatic nitrogens is 2. The van der Waals surface area contributed by atoms with Crippen LogP contribution >= 0.6 is 0 Å². The number of anilines is 2.